The predicted molar refractivity (Wildman–Crippen MR) is 67.5 cm³/mol. The first-order valence-electron chi connectivity index (χ1n) is 5.19. The fourth-order valence-corrected chi connectivity index (χ4v) is 1.69. The number of nitrogens with zero attached hydrogens (tertiary/aromatic N) is 1. The summed E-state index contributed by atoms with van der Waals surface area (Å²) in [4.78, 5) is 15.6. The molecule has 0 saturated heterocycles. The highest BCUT2D eigenvalue weighted by molar-refractivity contribution is 9.10. The van der Waals surface area contributed by atoms with Crippen molar-refractivity contribution in [2.45, 2.75) is 6.61 Å². The molecule has 0 aliphatic rings. The monoisotopic (exact) mass is 309 g/mol. The van der Waals surface area contributed by atoms with E-state index in [2.05, 4.69) is 20.9 Å². The van der Waals surface area contributed by atoms with Crippen LogP contribution in [0.25, 0.3) is 0 Å². The Morgan fingerprint density at radius 1 is 1.33 bits per heavy atom. The van der Waals surface area contributed by atoms with E-state index in [1.807, 2.05) is 0 Å². The first-order valence-corrected chi connectivity index (χ1v) is 5.98. The van der Waals surface area contributed by atoms with Crippen molar-refractivity contribution >= 4 is 21.9 Å². The smallest absolute Gasteiger partial charge is 0.341 e. The number of carbonyl (C=O) groups excluding carboxylic acids is 1. The number of halogens is 2. The van der Waals surface area contributed by atoms with Gasteiger partial charge in [0.15, 0.2) is 0 Å². The molecular weight excluding hydrogens is 301 g/mol. The van der Waals surface area contributed by atoms with Crippen LogP contribution in [0.4, 0.5) is 4.39 Å². The van der Waals surface area contributed by atoms with Gasteiger partial charge in [-0.2, -0.15) is 0 Å². The van der Waals surface area contributed by atoms with E-state index in [1.54, 1.807) is 30.5 Å². The number of pyridine rings is 1. The summed E-state index contributed by atoms with van der Waals surface area (Å²) in [7, 11) is 0. The maximum atomic E-state index is 13.5. The van der Waals surface area contributed by atoms with E-state index in [0.717, 1.165) is 0 Å². The fraction of sp³-hybridized carbons (Fsp3) is 0.0769. The highest BCUT2D eigenvalue weighted by Gasteiger charge is 2.13. The molecule has 0 bridgehead atoms. The molecule has 1 aromatic heterocycles. The molecule has 0 amide bonds. The molecule has 0 aliphatic carbocycles. The van der Waals surface area contributed by atoms with E-state index < -0.39 is 11.8 Å². The Morgan fingerprint density at radius 3 is 2.83 bits per heavy atom. The summed E-state index contributed by atoms with van der Waals surface area (Å²) >= 11 is 3.12. The van der Waals surface area contributed by atoms with Gasteiger partial charge in [0.1, 0.15) is 12.4 Å². The first kappa shape index (κ1) is 12.7. The van der Waals surface area contributed by atoms with Crippen LogP contribution in [-0.2, 0) is 11.3 Å². The van der Waals surface area contributed by atoms with Gasteiger partial charge in [-0.15, -0.1) is 0 Å². The van der Waals surface area contributed by atoms with Gasteiger partial charge in [-0.05, 0) is 30.3 Å². The van der Waals surface area contributed by atoms with Crippen molar-refractivity contribution in [3.63, 3.8) is 0 Å². The predicted octanol–water partition coefficient (Wildman–Crippen LogP) is 3.34. The van der Waals surface area contributed by atoms with Crippen LogP contribution in [0.2, 0.25) is 0 Å². The molecule has 0 saturated carbocycles. The molecule has 0 atom stereocenters. The molecule has 0 radical (unpaired) electrons. The lowest BCUT2D eigenvalue weighted by molar-refractivity contribution is 0.0462. The van der Waals surface area contributed by atoms with E-state index in [9.17, 15) is 9.18 Å². The van der Waals surface area contributed by atoms with Crippen molar-refractivity contribution in [1.82, 2.24) is 4.98 Å². The zero-order chi connectivity index (χ0) is 13.0. The van der Waals surface area contributed by atoms with Gasteiger partial charge in [0.05, 0.1) is 11.3 Å². The molecule has 0 spiro atoms. The normalized spacial score (nSPS) is 10.1. The summed E-state index contributed by atoms with van der Waals surface area (Å²) in [5.41, 5.74) is 0.525. The van der Waals surface area contributed by atoms with Crippen LogP contribution >= 0.6 is 15.9 Å². The lowest BCUT2D eigenvalue weighted by Gasteiger charge is -2.05. The standard InChI is InChI=1S/C13H9BrFNO2/c14-9-4-5-11(12(15)7-9)13(17)18-8-10-3-1-2-6-16-10/h1-7H,8H2. The molecule has 5 heteroatoms. The lowest BCUT2D eigenvalue weighted by Crippen LogP contribution is -2.08. The van der Waals surface area contributed by atoms with Crippen molar-refractivity contribution in [1.29, 1.82) is 0 Å². The Balaban J connectivity index is 2.04. The molecule has 18 heavy (non-hydrogen) atoms. The molecule has 2 rings (SSSR count). The third kappa shape index (κ3) is 3.13. The average Bonchev–Trinajstić information content (AvgIpc) is 2.37. The van der Waals surface area contributed by atoms with Crippen LogP contribution in [0.15, 0.2) is 47.1 Å². The van der Waals surface area contributed by atoms with E-state index in [4.69, 9.17) is 4.74 Å². The first-order chi connectivity index (χ1) is 8.66. The van der Waals surface area contributed by atoms with Gasteiger partial charge in [0.2, 0.25) is 0 Å². The maximum Gasteiger partial charge on any atom is 0.341 e. The van der Waals surface area contributed by atoms with Gasteiger partial charge in [-0.1, -0.05) is 22.0 Å². The second-order valence-corrected chi connectivity index (χ2v) is 4.44. The average molecular weight is 310 g/mol. The topological polar surface area (TPSA) is 39.2 Å². The van der Waals surface area contributed by atoms with Crippen molar-refractivity contribution in [2.75, 3.05) is 0 Å². The Labute approximate surface area is 112 Å². The number of esters is 1. The van der Waals surface area contributed by atoms with Gasteiger partial charge >= 0.3 is 5.97 Å². The largest absolute Gasteiger partial charge is 0.456 e. The van der Waals surface area contributed by atoms with Crippen molar-refractivity contribution < 1.29 is 13.9 Å². The highest BCUT2D eigenvalue weighted by atomic mass is 79.9. The van der Waals surface area contributed by atoms with E-state index in [1.165, 1.54) is 12.1 Å². The Hall–Kier alpha value is -1.75. The summed E-state index contributed by atoms with van der Waals surface area (Å²) in [6, 6.07) is 9.46. The Morgan fingerprint density at radius 2 is 2.17 bits per heavy atom. The molecule has 1 heterocycles. The molecule has 3 nitrogen and oxygen atoms in total. The lowest BCUT2D eigenvalue weighted by atomic mass is 10.2. The number of benzene rings is 1. The molecule has 0 fully saturated rings. The molecular formula is C13H9BrFNO2. The van der Waals surface area contributed by atoms with E-state index in [0.29, 0.717) is 10.2 Å². The molecule has 0 aliphatic heterocycles. The van der Waals surface area contributed by atoms with Crippen LogP contribution in [0.3, 0.4) is 0 Å². The number of ether oxygens (including phenoxy) is 1. The SMILES string of the molecule is O=C(OCc1ccccn1)c1ccc(Br)cc1F. The van der Waals surface area contributed by atoms with E-state index in [-0.39, 0.29) is 12.2 Å². The van der Waals surface area contributed by atoms with Gasteiger partial charge in [0.25, 0.3) is 0 Å². The number of aromatic nitrogens is 1. The molecule has 0 unspecified atom stereocenters. The molecule has 2 aromatic rings. The molecule has 1 aromatic carbocycles. The Bertz CT molecular complexity index is 560. The minimum atomic E-state index is -0.703. The summed E-state index contributed by atoms with van der Waals surface area (Å²) in [5, 5.41) is 0. The zero-order valence-corrected chi connectivity index (χ0v) is 10.9. The van der Waals surface area contributed by atoms with Gasteiger partial charge in [-0.25, -0.2) is 9.18 Å². The summed E-state index contributed by atoms with van der Waals surface area (Å²) < 4.78 is 19.0. The third-order valence-corrected chi connectivity index (χ3v) is 2.72. The highest BCUT2D eigenvalue weighted by Crippen LogP contribution is 2.16. The van der Waals surface area contributed by atoms with Crippen LogP contribution in [0.1, 0.15) is 16.1 Å². The molecule has 92 valence electrons. The maximum absolute atomic E-state index is 13.5. The van der Waals surface area contributed by atoms with Gasteiger partial charge in [-0.3, -0.25) is 4.98 Å². The third-order valence-electron chi connectivity index (χ3n) is 2.23. The van der Waals surface area contributed by atoms with Crippen molar-refractivity contribution in [3.8, 4) is 0 Å². The van der Waals surface area contributed by atoms with Crippen LogP contribution in [0, 0.1) is 5.82 Å². The van der Waals surface area contributed by atoms with Gasteiger partial charge in [0, 0.05) is 10.7 Å². The number of hydrogen-bond donors (Lipinski definition) is 0. The van der Waals surface area contributed by atoms with Crippen molar-refractivity contribution in [2.24, 2.45) is 0 Å². The minimum Gasteiger partial charge on any atom is -0.456 e. The second kappa shape index (κ2) is 5.73. The second-order valence-electron chi connectivity index (χ2n) is 3.52. The van der Waals surface area contributed by atoms with Crippen LogP contribution in [0.5, 0.6) is 0 Å². The minimum absolute atomic E-state index is 0.0230. The number of hydrogen-bond acceptors (Lipinski definition) is 3. The van der Waals surface area contributed by atoms with Gasteiger partial charge < -0.3 is 4.74 Å². The van der Waals surface area contributed by atoms with Crippen molar-refractivity contribution in [3.05, 3.63) is 64.1 Å². The van der Waals surface area contributed by atoms with Crippen LogP contribution in [-0.4, -0.2) is 11.0 Å². The van der Waals surface area contributed by atoms with Crippen LogP contribution < -0.4 is 0 Å². The zero-order valence-electron chi connectivity index (χ0n) is 9.27. The summed E-state index contributed by atoms with van der Waals surface area (Å²) in [5.74, 6) is -1.32. The Kier molecular flexibility index (Phi) is 4.04. The number of rotatable bonds is 3. The molecule has 0 N–H and O–H groups in total. The summed E-state index contributed by atoms with van der Waals surface area (Å²) in [6.07, 6.45) is 1.60. The number of carbonyl (C=O) groups is 1. The fourth-order valence-electron chi connectivity index (χ4n) is 1.36. The quantitative estimate of drug-likeness (QED) is 0.816. The van der Waals surface area contributed by atoms with E-state index >= 15 is 0 Å². The summed E-state index contributed by atoms with van der Waals surface area (Å²) in [6.45, 7) is 0.0230.